The van der Waals surface area contributed by atoms with Gasteiger partial charge in [-0.15, -0.1) is 11.3 Å². The highest BCUT2D eigenvalue weighted by atomic mass is 32.1. The molecular formula is C21H15NO2S2. The number of allylic oxidation sites excluding steroid dienone is 2. The molecule has 0 fully saturated rings. The summed E-state index contributed by atoms with van der Waals surface area (Å²) in [4.78, 5) is 13.0. The maximum absolute atomic E-state index is 12.4. The van der Waals surface area contributed by atoms with Crippen molar-refractivity contribution < 1.29 is 9.90 Å². The van der Waals surface area contributed by atoms with Crippen LogP contribution in [0.1, 0.15) is 21.6 Å². The summed E-state index contributed by atoms with van der Waals surface area (Å²) in [6.45, 7) is 0.496. The minimum atomic E-state index is -0.0722. The van der Waals surface area contributed by atoms with Crippen LogP contribution < -0.4 is 0 Å². The molecule has 3 aromatic rings. The first-order chi connectivity index (χ1) is 12.6. The Kier molecular flexibility index (Phi) is 4.41. The minimum absolute atomic E-state index is 0.0722. The summed E-state index contributed by atoms with van der Waals surface area (Å²) in [7, 11) is 0. The van der Waals surface area contributed by atoms with Gasteiger partial charge < -0.3 is 5.11 Å². The van der Waals surface area contributed by atoms with E-state index in [0.29, 0.717) is 20.9 Å². The van der Waals surface area contributed by atoms with Crippen LogP contribution in [-0.4, -0.2) is 15.5 Å². The molecule has 4 rings (SSSR count). The van der Waals surface area contributed by atoms with Crippen LogP contribution in [0.15, 0.2) is 60.7 Å². The topological polar surface area (TPSA) is 42.2 Å². The van der Waals surface area contributed by atoms with E-state index in [1.54, 1.807) is 16.7 Å². The number of fused-ring (bicyclic) bond motifs is 1. The molecule has 0 unspecified atom stereocenters. The molecule has 0 radical (unpaired) electrons. The molecule has 3 nitrogen and oxygen atoms in total. The van der Waals surface area contributed by atoms with Crippen LogP contribution in [-0.2, 0) is 11.3 Å². The summed E-state index contributed by atoms with van der Waals surface area (Å²) in [6.07, 6.45) is 5.12. The van der Waals surface area contributed by atoms with Crippen molar-refractivity contribution >= 4 is 47.1 Å². The van der Waals surface area contributed by atoms with E-state index in [1.807, 2.05) is 60.7 Å². The quantitative estimate of drug-likeness (QED) is 0.506. The van der Waals surface area contributed by atoms with Crippen LogP contribution in [0.2, 0.25) is 0 Å². The summed E-state index contributed by atoms with van der Waals surface area (Å²) in [5, 5.41) is 10.7. The van der Waals surface area contributed by atoms with Gasteiger partial charge in [-0.3, -0.25) is 9.36 Å². The number of carbonyl (C=O) groups is 1. The number of aromatic nitrogens is 1. The largest absolute Gasteiger partial charge is 0.493 e. The third kappa shape index (κ3) is 3.07. The van der Waals surface area contributed by atoms with Gasteiger partial charge in [0.15, 0.2) is 9.74 Å². The summed E-state index contributed by atoms with van der Waals surface area (Å²) < 4.78 is 2.27. The number of ketones is 1. The Morgan fingerprint density at radius 1 is 1.04 bits per heavy atom. The molecule has 5 heteroatoms. The fourth-order valence-electron chi connectivity index (χ4n) is 2.97. The van der Waals surface area contributed by atoms with E-state index in [0.717, 1.165) is 16.7 Å². The van der Waals surface area contributed by atoms with Crippen LogP contribution in [0.5, 0.6) is 5.88 Å². The molecule has 0 saturated heterocycles. The summed E-state index contributed by atoms with van der Waals surface area (Å²) >= 11 is 6.73. The Labute approximate surface area is 160 Å². The maximum atomic E-state index is 12.4. The fraction of sp³-hybridized carbons (Fsp3) is 0.0476. The van der Waals surface area contributed by atoms with Crippen molar-refractivity contribution in [1.29, 1.82) is 0 Å². The highest BCUT2D eigenvalue weighted by Gasteiger charge is 2.19. The lowest BCUT2D eigenvalue weighted by Crippen LogP contribution is -2.04. The molecule has 1 heterocycles. The van der Waals surface area contributed by atoms with E-state index in [2.05, 4.69) is 0 Å². The molecular weight excluding hydrogens is 362 g/mol. The average Bonchev–Trinajstić information content (AvgIpc) is 2.92. The molecule has 0 bridgehead atoms. The second kappa shape index (κ2) is 6.86. The van der Waals surface area contributed by atoms with Gasteiger partial charge >= 0.3 is 0 Å². The maximum Gasteiger partial charge on any atom is 0.210 e. The van der Waals surface area contributed by atoms with Crippen LogP contribution in [0, 0.1) is 3.95 Å². The van der Waals surface area contributed by atoms with Crippen molar-refractivity contribution in [2.24, 2.45) is 0 Å². The molecule has 0 atom stereocenters. The lowest BCUT2D eigenvalue weighted by Gasteiger charge is -2.12. The fourth-order valence-corrected chi connectivity index (χ4v) is 4.22. The molecule has 0 amide bonds. The number of hydrogen-bond acceptors (Lipinski definition) is 4. The Hall–Kier alpha value is -2.76. The van der Waals surface area contributed by atoms with Crippen molar-refractivity contribution in [2.75, 3.05) is 0 Å². The summed E-state index contributed by atoms with van der Waals surface area (Å²) in [5.74, 6) is 0.0215. The molecule has 0 aliphatic heterocycles. The van der Waals surface area contributed by atoms with Crippen molar-refractivity contribution in [3.63, 3.8) is 0 Å². The molecule has 1 aliphatic rings. The number of benzene rings is 2. The second-order valence-electron chi connectivity index (χ2n) is 5.97. The molecule has 1 N–H and O–H groups in total. The smallest absolute Gasteiger partial charge is 0.210 e. The number of carbonyl (C=O) groups excluding carboxylic acids is 1. The lowest BCUT2D eigenvalue weighted by molar-refractivity contribution is -0.109. The van der Waals surface area contributed by atoms with Gasteiger partial charge in [-0.25, -0.2) is 0 Å². The summed E-state index contributed by atoms with van der Waals surface area (Å²) in [5.41, 5.74) is 3.48. The van der Waals surface area contributed by atoms with E-state index in [-0.39, 0.29) is 11.7 Å². The average molecular weight is 377 g/mol. The summed E-state index contributed by atoms with van der Waals surface area (Å²) in [6, 6.07) is 17.6. The second-order valence-corrected chi connectivity index (χ2v) is 7.65. The van der Waals surface area contributed by atoms with E-state index in [1.165, 1.54) is 11.3 Å². The standard InChI is InChI=1S/C21H15NO2S2/c23-18-11-10-15-8-4-5-9-16(15)17(18)12-19-20(24)22(21(25)26-19)13-14-6-2-1-3-7-14/h1-12,24H,13H2/b17-12+. The van der Waals surface area contributed by atoms with Gasteiger partial charge in [-0.1, -0.05) is 60.7 Å². The van der Waals surface area contributed by atoms with Crippen molar-refractivity contribution in [3.8, 4) is 5.88 Å². The van der Waals surface area contributed by atoms with Gasteiger partial charge in [0.25, 0.3) is 0 Å². The van der Waals surface area contributed by atoms with Crippen molar-refractivity contribution in [3.05, 3.63) is 86.2 Å². The van der Waals surface area contributed by atoms with Gasteiger partial charge in [0.1, 0.15) is 0 Å². The van der Waals surface area contributed by atoms with Crippen LogP contribution in [0.4, 0.5) is 0 Å². The Morgan fingerprint density at radius 2 is 1.77 bits per heavy atom. The number of aromatic hydroxyl groups is 1. The zero-order valence-electron chi connectivity index (χ0n) is 13.8. The molecule has 26 heavy (non-hydrogen) atoms. The van der Waals surface area contributed by atoms with Gasteiger partial charge in [0, 0.05) is 5.57 Å². The Balaban J connectivity index is 1.77. The first-order valence-corrected chi connectivity index (χ1v) is 9.36. The normalized spacial score (nSPS) is 14.6. The first kappa shape index (κ1) is 16.7. The van der Waals surface area contributed by atoms with Crippen LogP contribution in [0.3, 0.4) is 0 Å². The third-order valence-electron chi connectivity index (χ3n) is 4.28. The predicted octanol–water partition coefficient (Wildman–Crippen LogP) is 5.17. The molecule has 1 aromatic heterocycles. The number of hydrogen-bond donors (Lipinski definition) is 1. The zero-order chi connectivity index (χ0) is 18.1. The van der Waals surface area contributed by atoms with Gasteiger partial charge in [-0.05, 0) is 41.1 Å². The SMILES string of the molecule is O=C1C=Cc2ccccc2/C1=C\c1sc(=S)n(Cc2ccccc2)c1O. The van der Waals surface area contributed by atoms with Crippen LogP contribution >= 0.6 is 23.6 Å². The van der Waals surface area contributed by atoms with E-state index < -0.39 is 0 Å². The number of rotatable bonds is 3. The van der Waals surface area contributed by atoms with Crippen LogP contribution in [0.25, 0.3) is 17.7 Å². The highest BCUT2D eigenvalue weighted by molar-refractivity contribution is 7.73. The van der Waals surface area contributed by atoms with Gasteiger partial charge in [0.05, 0.1) is 11.4 Å². The molecule has 2 aromatic carbocycles. The van der Waals surface area contributed by atoms with Crippen molar-refractivity contribution in [2.45, 2.75) is 6.54 Å². The van der Waals surface area contributed by atoms with E-state index in [4.69, 9.17) is 12.2 Å². The highest BCUT2D eigenvalue weighted by Crippen LogP contribution is 2.34. The minimum Gasteiger partial charge on any atom is -0.493 e. The third-order valence-corrected chi connectivity index (χ3v) is 5.67. The number of nitrogens with zero attached hydrogens (tertiary/aromatic N) is 1. The first-order valence-electron chi connectivity index (χ1n) is 8.13. The monoisotopic (exact) mass is 377 g/mol. The Morgan fingerprint density at radius 3 is 2.58 bits per heavy atom. The van der Waals surface area contributed by atoms with E-state index in [9.17, 15) is 9.90 Å². The number of thiazole rings is 1. The zero-order valence-corrected chi connectivity index (χ0v) is 15.4. The lowest BCUT2D eigenvalue weighted by atomic mass is 9.91. The van der Waals surface area contributed by atoms with Gasteiger partial charge in [-0.2, -0.15) is 0 Å². The molecule has 128 valence electrons. The molecule has 0 spiro atoms. The molecule has 0 saturated carbocycles. The molecule has 1 aliphatic carbocycles. The predicted molar refractivity (Wildman–Crippen MR) is 109 cm³/mol. The Bertz CT molecular complexity index is 1100. The van der Waals surface area contributed by atoms with Gasteiger partial charge in [0.2, 0.25) is 5.88 Å². The van der Waals surface area contributed by atoms with E-state index >= 15 is 0 Å². The van der Waals surface area contributed by atoms with Crippen molar-refractivity contribution in [1.82, 2.24) is 4.57 Å².